The van der Waals surface area contributed by atoms with E-state index in [2.05, 4.69) is 5.32 Å². The van der Waals surface area contributed by atoms with Gasteiger partial charge in [0.25, 0.3) is 0 Å². The van der Waals surface area contributed by atoms with Crippen molar-refractivity contribution in [3.63, 3.8) is 0 Å². The molecule has 1 amide bonds. The fraction of sp³-hybridized carbons (Fsp3) is 0.750. The molecule has 0 aliphatic carbocycles. The molecule has 0 aliphatic rings. The van der Waals surface area contributed by atoms with Crippen molar-refractivity contribution in [3.8, 4) is 0 Å². The van der Waals surface area contributed by atoms with Gasteiger partial charge in [-0.25, -0.2) is 0 Å². The van der Waals surface area contributed by atoms with E-state index in [1.165, 1.54) is 0 Å². The van der Waals surface area contributed by atoms with Gasteiger partial charge in [-0.15, -0.1) is 0 Å². The Bertz CT molecular complexity index is 147. The lowest BCUT2D eigenvalue weighted by molar-refractivity contribution is -0.143. The topological polar surface area (TPSA) is 55.4 Å². The van der Waals surface area contributed by atoms with Crippen LogP contribution in [0.2, 0.25) is 0 Å². The van der Waals surface area contributed by atoms with Gasteiger partial charge >= 0.3 is 5.97 Å². The molecule has 1 atom stereocenters. The Kier molecular flexibility index (Phi) is 6.05. The quantitative estimate of drug-likeness (QED) is 0.469. The molecule has 70 valence electrons. The van der Waals surface area contributed by atoms with Crippen LogP contribution in [0, 0.1) is 0 Å². The lowest BCUT2D eigenvalue weighted by Crippen LogP contribution is -2.25. The molecule has 0 aromatic carbocycles. The van der Waals surface area contributed by atoms with Crippen LogP contribution in [0.1, 0.15) is 26.7 Å². The first-order chi connectivity index (χ1) is 5.70. The Balaban J connectivity index is 3.39. The number of carbonyl (C=O) groups excluding carboxylic acids is 2. The minimum atomic E-state index is -0.211. The third-order valence-corrected chi connectivity index (χ3v) is 1.44. The monoisotopic (exact) mass is 173 g/mol. The number of ether oxygens (including phenoxy) is 1. The van der Waals surface area contributed by atoms with Crippen molar-refractivity contribution >= 4 is 12.4 Å². The summed E-state index contributed by atoms with van der Waals surface area (Å²) >= 11 is 0. The molecular formula is C8H15NO3. The van der Waals surface area contributed by atoms with Gasteiger partial charge in [-0.1, -0.05) is 0 Å². The van der Waals surface area contributed by atoms with E-state index in [0.717, 1.165) is 0 Å². The smallest absolute Gasteiger partial charge is 0.305 e. The van der Waals surface area contributed by atoms with Crippen LogP contribution in [0.4, 0.5) is 0 Å². The average Bonchev–Trinajstić information content (AvgIpc) is 2.02. The van der Waals surface area contributed by atoms with Crippen LogP contribution in [0.3, 0.4) is 0 Å². The zero-order valence-electron chi connectivity index (χ0n) is 7.50. The predicted octanol–water partition coefficient (Wildman–Crippen LogP) is 0.464. The highest BCUT2D eigenvalue weighted by molar-refractivity contribution is 5.69. The maximum Gasteiger partial charge on any atom is 0.305 e. The van der Waals surface area contributed by atoms with Crippen LogP contribution >= 0.6 is 0 Å². The Morgan fingerprint density at radius 3 is 2.83 bits per heavy atom. The number of esters is 1. The van der Waals surface area contributed by atoms with Crippen LogP contribution in [0.25, 0.3) is 0 Å². The van der Waals surface area contributed by atoms with Crippen molar-refractivity contribution in [2.24, 2.45) is 0 Å². The molecule has 4 heteroatoms. The van der Waals surface area contributed by atoms with Gasteiger partial charge in [-0.2, -0.15) is 0 Å². The standard InChI is InChI=1S/C8H15NO3/c1-3-12-8(11)5-4-7(2)9-6-10/h6-7H,3-5H2,1-2H3,(H,9,10). The molecule has 0 rings (SSSR count). The summed E-state index contributed by atoms with van der Waals surface area (Å²) in [6.07, 6.45) is 1.61. The molecule has 1 unspecified atom stereocenters. The number of hydrogen-bond acceptors (Lipinski definition) is 3. The van der Waals surface area contributed by atoms with Crippen LogP contribution in [-0.2, 0) is 14.3 Å². The highest BCUT2D eigenvalue weighted by atomic mass is 16.5. The lowest BCUT2D eigenvalue weighted by atomic mass is 10.2. The average molecular weight is 173 g/mol. The maximum atomic E-state index is 10.8. The summed E-state index contributed by atoms with van der Waals surface area (Å²) < 4.78 is 4.72. The molecule has 1 N–H and O–H groups in total. The number of carbonyl (C=O) groups is 2. The van der Waals surface area contributed by atoms with Gasteiger partial charge in [0.05, 0.1) is 6.61 Å². The Morgan fingerprint density at radius 2 is 2.33 bits per heavy atom. The zero-order valence-corrected chi connectivity index (χ0v) is 7.50. The van der Waals surface area contributed by atoms with Gasteiger partial charge in [0.2, 0.25) is 6.41 Å². The Labute approximate surface area is 72.3 Å². The van der Waals surface area contributed by atoms with Gasteiger partial charge in [-0.3, -0.25) is 9.59 Å². The van der Waals surface area contributed by atoms with Gasteiger partial charge in [0.15, 0.2) is 0 Å². The van der Waals surface area contributed by atoms with Crippen molar-refractivity contribution in [1.29, 1.82) is 0 Å². The van der Waals surface area contributed by atoms with E-state index < -0.39 is 0 Å². The Hall–Kier alpha value is -1.06. The molecular weight excluding hydrogens is 158 g/mol. The van der Waals surface area contributed by atoms with Gasteiger partial charge in [-0.05, 0) is 20.3 Å². The van der Waals surface area contributed by atoms with Crippen LogP contribution < -0.4 is 5.32 Å². The van der Waals surface area contributed by atoms with Gasteiger partial charge in [0.1, 0.15) is 0 Å². The third-order valence-electron chi connectivity index (χ3n) is 1.44. The van der Waals surface area contributed by atoms with E-state index in [0.29, 0.717) is 25.9 Å². The predicted molar refractivity (Wildman–Crippen MR) is 44.5 cm³/mol. The fourth-order valence-electron chi connectivity index (χ4n) is 0.767. The van der Waals surface area contributed by atoms with E-state index in [1.807, 2.05) is 6.92 Å². The van der Waals surface area contributed by atoms with Crippen molar-refractivity contribution in [1.82, 2.24) is 5.32 Å². The summed E-state index contributed by atoms with van der Waals surface area (Å²) in [6.45, 7) is 4.02. The first-order valence-corrected chi connectivity index (χ1v) is 4.06. The molecule has 0 aromatic rings. The first kappa shape index (κ1) is 10.9. The van der Waals surface area contributed by atoms with Crippen LogP contribution in [-0.4, -0.2) is 25.0 Å². The highest BCUT2D eigenvalue weighted by Crippen LogP contribution is 1.97. The molecule has 0 radical (unpaired) electrons. The molecule has 0 aromatic heterocycles. The number of hydrogen-bond donors (Lipinski definition) is 1. The minimum Gasteiger partial charge on any atom is -0.466 e. The van der Waals surface area contributed by atoms with Crippen molar-refractivity contribution in [3.05, 3.63) is 0 Å². The van der Waals surface area contributed by atoms with E-state index in [-0.39, 0.29) is 12.0 Å². The second kappa shape index (κ2) is 6.64. The summed E-state index contributed by atoms with van der Waals surface area (Å²) in [5.41, 5.74) is 0. The summed E-state index contributed by atoms with van der Waals surface area (Å²) in [4.78, 5) is 20.8. The second-order valence-corrected chi connectivity index (χ2v) is 2.53. The van der Waals surface area contributed by atoms with Crippen LogP contribution in [0.15, 0.2) is 0 Å². The zero-order chi connectivity index (χ0) is 9.40. The molecule has 12 heavy (non-hydrogen) atoms. The number of amides is 1. The molecule has 0 saturated carbocycles. The van der Waals surface area contributed by atoms with E-state index >= 15 is 0 Å². The minimum absolute atomic E-state index is 0.0342. The van der Waals surface area contributed by atoms with E-state index in [1.54, 1.807) is 6.92 Å². The molecule has 0 aliphatic heterocycles. The molecule has 0 heterocycles. The van der Waals surface area contributed by atoms with Crippen molar-refractivity contribution < 1.29 is 14.3 Å². The molecule has 4 nitrogen and oxygen atoms in total. The van der Waals surface area contributed by atoms with Crippen molar-refractivity contribution in [2.45, 2.75) is 32.7 Å². The summed E-state index contributed by atoms with van der Waals surface area (Å²) in [6, 6.07) is 0.0342. The SMILES string of the molecule is CCOC(=O)CCC(C)NC=O. The van der Waals surface area contributed by atoms with Crippen molar-refractivity contribution in [2.75, 3.05) is 6.61 Å². The first-order valence-electron chi connectivity index (χ1n) is 4.06. The van der Waals surface area contributed by atoms with Crippen LogP contribution in [0.5, 0.6) is 0 Å². The molecule has 0 spiro atoms. The van der Waals surface area contributed by atoms with Gasteiger partial charge in [0, 0.05) is 12.5 Å². The third kappa shape index (κ3) is 5.70. The normalized spacial score (nSPS) is 11.8. The molecule has 0 fully saturated rings. The number of nitrogens with one attached hydrogen (secondary N) is 1. The van der Waals surface area contributed by atoms with E-state index in [4.69, 9.17) is 4.74 Å². The molecule has 0 bridgehead atoms. The van der Waals surface area contributed by atoms with E-state index in [9.17, 15) is 9.59 Å². The second-order valence-electron chi connectivity index (χ2n) is 2.53. The van der Waals surface area contributed by atoms with Gasteiger partial charge < -0.3 is 10.1 Å². The summed E-state index contributed by atoms with van der Waals surface area (Å²) in [5, 5.41) is 2.55. The Morgan fingerprint density at radius 1 is 1.67 bits per heavy atom. The maximum absolute atomic E-state index is 10.8. The molecule has 0 saturated heterocycles. The number of rotatable bonds is 6. The highest BCUT2D eigenvalue weighted by Gasteiger charge is 2.05. The summed E-state index contributed by atoms with van der Waals surface area (Å²) in [7, 11) is 0. The lowest BCUT2D eigenvalue weighted by Gasteiger charge is -2.08. The fourth-order valence-corrected chi connectivity index (χ4v) is 0.767. The summed E-state index contributed by atoms with van der Waals surface area (Å²) in [5.74, 6) is -0.211. The largest absolute Gasteiger partial charge is 0.466 e.